The summed E-state index contributed by atoms with van der Waals surface area (Å²) in [5, 5.41) is 8.96. The van der Waals surface area contributed by atoms with Gasteiger partial charge in [-0.1, -0.05) is 0 Å². The third kappa shape index (κ3) is 1.23. The predicted octanol–water partition coefficient (Wildman–Crippen LogP) is 1.78. The van der Waals surface area contributed by atoms with Gasteiger partial charge in [0.1, 0.15) is 0 Å². The van der Waals surface area contributed by atoms with E-state index in [1.165, 1.54) is 11.1 Å². The third-order valence-electron chi connectivity index (χ3n) is 3.40. The summed E-state index contributed by atoms with van der Waals surface area (Å²) in [4.78, 5) is 13.7. The SMILES string of the molecule is N#Cc1cc2c3c(c1)CCC(=O)N3CCC2. The van der Waals surface area contributed by atoms with Gasteiger partial charge < -0.3 is 4.90 Å². The maximum Gasteiger partial charge on any atom is 0.227 e. The Morgan fingerprint density at radius 3 is 2.69 bits per heavy atom. The Hall–Kier alpha value is -1.82. The van der Waals surface area contributed by atoms with Gasteiger partial charge in [0.05, 0.1) is 17.3 Å². The number of rotatable bonds is 0. The maximum absolute atomic E-state index is 11.8. The summed E-state index contributed by atoms with van der Waals surface area (Å²) in [6.45, 7) is 0.838. The molecule has 1 aromatic carbocycles. The molecule has 0 aliphatic carbocycles. The lowest BCUT2D eigenvalue weighted by Crippen LogP contribution is -2.39. The molecule has 3 heteroatoms. The van der Waals surface area contributed by atoms with Crippen molar-refractivity contribution in [3.05, 3.63) is 28.8 Å². The molecule has 2 aliphatic rings. The first kappa shape index (κ1) is 9.41. The molecule has 3 rings (SSSR count). The van der Waals surface area contributed by atoms with Crippen molar-refractivity contribution in [2.45, 2.75) is 25.7 Å². The molecular formula is C13H12N2O. The molecule has 0 fully saturated rings. The third-order valence-corrected chi connectivity index (χ3v) is 3.40. The Morgan fingerprint density at radius 2 is 1.94 bits per heavy atom. The van der Waals surface area contributed by atoms with E-state index in [0.29, 0.717) is 6.42 Å². The summed E-state index contributed by atoms with van der Waals surface area (Å²) >= 11 is 0. The van der Waals surface area contributed by atoms with Crippen LogP contribution in [0.2, 0.25) is 0 Å². The van der Waals surface area contributed by atoms with Crippen molar-refractivity contribution < 1.29 is 4.79 Å². The van der Waals surface area contributed by atoms with E-state index in [1.54, 1.807) is 0 Å². The zero-order valence-corrected chi connectivity index (χ0v) is 8.99. The number of nitriles is 1. The number of carbonyl (C=O) groups excluding carboxylic acids is 1. The summed E-state index contributed by atoms with van der Waals surface area (Å²) in [5.74, 6) is 0.234. The molecule has 1 amide bonds. The summed E-state index contributed by atoms with van der Waals surface area (Å²) in [6, 6.07) is 6.07. The standard InChI is InChI=1S/C13H12N2O/c14-8-9-6-10-2-1-5-15-12(16)4-3-11(7-9)13(10)15/h6-7H,1-5H2. The molecule has 0 aromatic heterocycles. The molecule has 3 nitrogen and oxygen atoms in total. The van der Waals surface area contributed by atoms with Crippen LogP contribution in [0.3, 0.4) is 0 Å². The van der Waals surface area contributed by atoms with Crippen molar-refractivity contribution in [2.75, 3.05) is 11.4 Å². The van der Waals surface area contributed by atoms with Gasteiger partial charge in [-0.05, 0) is 42.5 Å². The molecule has 0 spiro atoms. The van der Waals surface area contributed by atoms with Gasteiger partial charge in [0.2, 0.25) is 5.91 Å². The molecule has 2 heterocycles. The second kappa shape index (κ2) is 3.34. The van der Waals surface area contributed by atoms with Gasteiger partial charge in [-0.15, -0.1) is 0 Å². The molecule has 80 valence electrons. The van der Waals surface area contributed by atoms with Crippen molar-refractivity contribution in [3.63, 3.8) is 0 Å². The van der Waals surface area contributed by atoms with Crippen LogP contribution >= 0.6 is 0 Å². The number of anilines is 1. The second-order valence-corrected chi connectivity index (χ2v) is 4.40. The van der Waals surface area contributed by atoms with Crippen LogP contribution in [0.25, 0.3) is 0 Å². The average Bonchev–Trinajstić information content (AvgIpc) is 2.33. The normalized spacial score (nSPS) is 17.9. The number of nitrogens with zero attached hydrogens (tertiary/aromatic N) is 2. The van der Waals surface area contributed by atoms with E-state index in [-0.39, 0.29) is 5.91 Å². The van der Waals surface area contributed by atoms with Crippen molar-refractivity contribution in [3.8, 4) is 6.07 Å². The molecule has 16 heavy (non-hydrogen) atoms. The largest absolute Gasteiger partial charge is 0.312 e. The van der Waals surface area contributed by atoms with Crippen LogP contribution in [0, 0.1) is 11.3 Å². The van der Waals surface area contributed by atoms with E-state index >= 15 is 0 Å². The van der Waals surface area contributed by atoms with E-state index in [9.17, 15) is 4.79 Å². The Morgan fingerprint density at radius 1 is 1.19 bits per heavy atom. The van der Waals surface area contributed by atoms with Crippen molar-refractivity contribution in [1.29, 1.82) is 5.26 Å². The minimum absolute atomic E-state index is 0.234. The van der Waals surface area contributed by atoms with Crippen molar-refractivity contribution >= 4 is 11.6 Å². The first-order valence-corrected chi connectivity index (χ1v) is 5.66. The monoisotopic (exact) mass is 212 g/mol. The first-order valence-electron chi connectivity index (χ1n) is 5.66. The fourth-order valence-corrected chi connectivity index (χ4v) is 2.72. The Labute approximate surface area is 94.3 Å². The van der Waals surface area contributed by atoms with Crippen LogP contribution in [0.15, 0.2) is 12.1 Å². The topological polar surface area (TPSA) is 44.1 Å². The Balaban J connectivity index is 2.22. The van der Waals surface area contributed by atoms with Crippen LogP contribution in [-0.4, -0.2) is 12.5 Å². The van der Waals surface area contributed by atoms with Crippen molar-refractivity contribution in [2.24, 2.45) is 0 Å². The number of aryl methyl sites for hydroxylation is 2. The lowest BCUT2D eigenvalue weighted by Gasteiger charge is -2.35. The number of amides is 1. The summed E-state index contributed by atoms with van der Waals surface area (Å²) in [6.07, 6.45) is 3.36. The number of carbonyl (C=O) groups is 1. The molecule has 0 N–H and O–H groups in total. The summed E-state index contributed by atoms with van der Waals surface area (Å²) < 4.78 is 0. The molecule has 0 saturated carbocycles. The van der Waals surface area contributed by atoms with Gasteiger partial charge in [-0.3, -0.25) is 4.79 Å². The maximum atomic E-state index is 11.8. The van der Waals surface area contributed by atoms with Gasteiger partial charge >= 0.3 is 0 Å². The molecular weight excluding hydrogens is 200 g/mol. The van der Waals surface area contributed by atoms with Crippen LogP contribution in [0.4, 0.5) is 5.69 Å². The minimum Gasteiger partial charge on any atom is -0.312 e. The van der Waals surface area contributed by atoms with Gasteiger partial charge in [0, 0.05) is 13.0 Å². The van der Waals surface area contributed by atoms with Crippen molar-refractivity contribution in [1.82, 2.24) is 0 Å². The number of hydrogen-bond donors (Lipinski definition) is 0. The van der Waals surface area contributed by atoms with Crippen LogP contribution in [-0.2, 0) is 17.6 Å². The fraction of sp³-hybridized carbons (Fsp3) is 0.385. The van der Waals surface area contributed by atoms with Gasteiger partial charge in [-0.25, -0.2) is 0 Å². The number of benzene rings is 1. The second-order valence-electron chi connectivity index (χ2n) is 4.40. The molecule has 0 bridgehead atoms. The minimum atomic E-state index is 0.234. The molecule has 0 radical (unpaired) electrons. The average molecular weight is 212 g/mol. The highest BCUT2D eigenvalue weighted by Gasteiger charge is 2.29. The van der Waals surface area contributed by atoms with Crippen LogP contribution in [0.1, 0.15) is 29.5 Å². The summed E-state index contributed by atoms with van der Waals surface area (Å²) in [7, 11) is 0. The van der Waals surface area contributed by atoms with E-state index in [4.69, 9.17) is 5.26 Å². The van der Waals surface area contributed by atoms with E-state index < -0.39 is 0 Å². The smallest absolute Gasteiger partial charge is 0.227 e. The molecule has 0 saturated heterocycles. The molecule has 0 unspecified atom stereocenters. The lowest BCUT2D eigenvalue weighted by atomic mass is 9.90. The molecule has 2 aliphatic heterocycles. The highest BCUT2D eigenvalue weighted by Crippen LogP contribution is 2.36. The van der Waals surface area contributed by atoms with Gasteiger partial charge in [-0.2, -0.15) is 5.26 Å². The van der Waals surface area contributed by atoms with E-state index in [1.807, 2.05) is 17.0 Å². The molecule has 0 atom stereocenters. The van der Waals surface area contributed by atoms with Gasteiger partial charge in [0.15, 0.2) is 0 Å². The highest BCUT2D eigenvalue weighted by molar-refractivity contribution is 5.97. The Bertz CT molecular complexity index is 496. The van der Waals surface area contributed by atoms with Crippen LogP contribution in [0.5, 0.6) is 0 Å². The quantitative estimate of drug-likeness (QED) is 0.658. The predicted molar refractivity (Wildman–Crippen MR) is 60.2 cm³/mol. The first-order chi connectivity index (χ1) is 7.79. The molecule has 1 aromatic rings. The Kier molecular flexibility index (Phi) is 1.97. The fourth-order valence-electron chi connectivity index (χ4n) is 2.72. The number of hydrogen-bond acceptors (Lipinski definition) is 2. The lowest BCUT2D eigenvalue weighted by molar-refractivity contribution is -0.119. The van der Waals surface area contributed by atoms with E-state index in [0.717, 1.165) is 37.1 Å². The highest BCUT2D eigenvalue weighted by atomic mass is 16.2. The van der Waals surface area contributed by atoms with E-state index in [2.05, 4.69) is 6.07 Å². The summed E-state index contributed by atoms with van der Waals surface area (Å²) in [5.41, 5.74) is 4.17. The zero-order valence-electron chi connectivity index (χ0n) is 8.99. The van der Waals surface area contributed by atoms with Gasteiger partial charge in [0.25, 0.3) is 0 Å². The van der Waals surface area contributed by atoms with Crippen LogP contribution < -0.4 is 4.90 Å². The zero-order chi connectivity index (χ0) is 11.1.